The maximum absolute atomic E-state index is 2.39. The first-order valence-electron chi connectivity index (χ1n) is 9.88. The third-order valence-electron chi connectivity index (χ3n) is 5.60. The van der Waals surface area contributed by atoms with E-state index in [-0.39, 0.29) is 0 Å². The molecular weight excluding hydrogens is 336 g/mol. The molecule has 0 amide bonds. The van der Waals surface area contributed by atoms with Gasteiger partial charge in [-0.3, -0.25) is 0 Å². The van der Waals surface area contributed by atoms with Crippen LogP contribution < -0.4 is 0 Å². The first kappa shape index (κ1) is 16.8. The van der Waals surface area contributed by atoms with E-state index in [2.05, 4.69) is 115 Å². The molecule has 4 aromatic carbocycles. The summed E-state index contributed by atoms with van der Waals surface area (Å²) in [6.45, 7) is 0. The predicted octanol–water partition coefficient (Wildman–Crippen LogP) is 7.28. The number of rotatable bonds is 3. The third-order valence-corrected chi connectivity index (χ3v) is 5.60. The summed E-state index contributed by atoms with van der Waals surface area (Å²) in [4.78, 5) is 0. The maximum Gasteiger partial charge on any atom is 0.0136 e. The molecule has 0 aromatic heterocycles. The van der Waals surface area contributed by atoms with Crippen LogP contribution in [0.25, 0.3) is 22.9 Å². The number of fused-ring (bicyclic) bond motifs is 2. The Balaban J connectivity index is 1.65. The molecular formula is C28H22. The van der Waals surface area contributed by atoms with Crippen LogP contribution in [0.15, 0.2) is 109 Å². The molecule has 0 heteroatoms. The summed E-state index contributed by atoms with van der Waals surface area (Å²) in [6.07, 6.45) is 7.92. The fourth-order valence-corrected chi connectivity index (χ4v) is 4.17. The van der Waals surface area contributed by atoms with Crippen molar-refractivity contribution < 1.29 is 0 Å². The van der Waals surface area contributed by atoms with E-state index in [0.29, 0.717) is 5.92 Å². The van der Waals surface area contributed by atoms with Crippen LogP contribution in [-0.2, 0) is 6.42 Å². The van der Waals surface area contributed by atoms with Gasteiger partial charge in [0.15, 0.2) is 0 Å². The lowest BCUT2D eigenvalue weighted by Gasteiger charge is -2.26. The Hall–Kier alpha value is -3.38. The summed E-state index contributed by atoms with van der Waals surface area (Å²) in [5, 5.41) is 2.62. The van der Waals surface area contributed by atoms with Crippen LogP contribution in [0.1, 0.15) is 28.2 Å². The van der Waals surface area contributed by atoms with Crippen LogP contribution in [0.4, 0.5) is 0 Å². The standard InChI is InChI=1S/C28H22/c1-3-9-21(10-4-1)17-25-15-16-26-19-23-13-7-8-14-24(23)20-28(26)27(25)18-22-11-5-2-6-12-22/h1-17,19-20,27H,18H2. The van der Waals surface area contributed by atoms with E-state index in [1.807, 2.05) is 0 Å². The molecule has 1 aliphatic rings. The summed E-state index contributed by atoms with van der Waals surface area (Å²) in [5.74, 6) is 0.354. The van der Waals surface area contributed by atoms with Crippen LogP contribution >= 0.6 is 0 Å². The molecule has 0 aliphatic heterocycles. The van der Waals surface area contributed by atoms with Crippen LogP contribution in [0, 0.1) is 0 Å². The molecule has 134 valence electrons. The second-order valence-corrected chi connectivity index (χ2v) is 7.46. The first-order valence-corrected chi connectivity index (χ1v) is 9.88. The number of benzene rings is 4. The van der Waals surface area contributed by atoms with Gasteiger partial charge >= 0.3 is 0 Å². The minimum Gasteiger partial charge on any atom is -0.0622 e. The minimum atomic E-state index is 0.354. The number of hydrogen-bond acceptors (Lipinski definition) is 0. The Morgan fingerprint density at radius 1 is 0.643 bits per heavy atom. The molecule has 1 atom stereocenters. The molecule has 0 bridgehead atoms. The average Bonchev–Trinajstić information content (AvgIpc) is 2.76. The summed E-state index contributed by atoms with van der Waals surface area (Å²) in [7, 11) is 0. The molecule has 0 heterocycles. The van der Waals surface area contributed by atoms with Gasteiger partial charge in [0, 0.05) is 5.92 Å². The molecule has 0 fully saturated rings. The highest BCUT2D eigenvalue weighted by Crippen LogP contribution is 2.39. The molecule has 0 radical (unpaired) electrons. The molecule has 4 aromatic rings. The van der Waals surface area contributed by atoms with Gasteiger partial charge in [0.25, 0.3) is 0 Å². The maximum atomic E-state index is 2.39. The van der Waals surface area contributed by atoms with E-state index in [1.54, 1.807) is 0 Å². The van der Waals surface area contributed by atoms with E-state index in [9.17, 15) is 0 Å². The second-order valence-electron chi connectivity index (χ2n) is 7.46. The second kappa shape index (κ2) is 7.32. The third kappa shape index (κ3) is 3.30. The summed E-state index contributed by atoms with van der Waals surface area (Å²) >= 11 is 0. The number of allylic oxidation sites excluding steroid dienone is 2. The van der Waals surface area contributed by atoms with Crippen molar-refractivity contribution in [1.82, 2.24) is 0 Å². The highest BCUT2D eigenvalue weighted by Gasteiger charge is 2.22. The Morgan fingerprint density at radius 3 is 2.04 bits per heavy atom. The quantitative estimate of drug-likeness (QED) is 0.361. The van der Waals surface area contributed by atoms with Crippen molar-refractivity contribution in [3.8, 4) is 0 Å². The lowest BCUT2D eigenvalue weighted by atomic mass is 9.78. The fraction of sp³-hybridized carbons (Fsp3) is 0.0714. The molecule has 0 N–H and O–H groups in total. The lowest BCUT2D eigenvalue weighted by Crippen LogP contribution is -2.10. The highest BCUT2D eigenvalue weighted by atomic mass is 14.3. The van der Waals surface area contributed by atoms with Crippen molar-refractivity contribution in [1.29, 1.82) is 0 Å². The van der Waals surface area contributed by atoms with Crippen LogP contribution in [-0.4, -0.2) is 0 Å². The van der Waals surface area contributed by atoms with E-state index in [4.69, 9.17) is 0 Å². The van der Waals surface area contributed by atoms with Gasteiger partial charge < -0.3 is 0 Å². The summed E-state index contributed by atoms with van der Waals surface area (Å²) < 4.78 is 0. The van der Waals surface area contributed by atoms with Crippen LogP contribution in [0.2, 0.25) is 0 Å². The van der Waals surface area contributed by atoms with Crippen molar-refractivity contribution in [2.75, 3.05) is 0 Å². The minimum absolute atomic E-state index is 0.354. The van der Waals surface area contributed by atoms with Crippen molar-refractivity contribution in [3.63, 3.8) is 0 Å². The van der Waals surface area contributed by atoms with Crippen molar-refractivity contribution in [2.45, 2.75) is 12.3 Å². The van der Waals surface area contributed by atoms with Crippen molar-refractivity contribution in [3.05, 3.63) is 131 Å². The van der Waals surface area contributed by atoms with E-state index < -0.39 is 0 Å². The zero-order chi connectivity index (χ0) is 18.8. The van der Waals surface area contributed by atoms with E-state index >= 15 is 0 Å². The summed E-state index contributed by atoms with van der Waals surface area (Å²) in [5.41, 5.74) is 6.76. The molecule has 5 rings (SSSR count). The van der Waals surface area contributed by atoms with Gasteiger partial charge in [-0.2, -0.15) is 0 Å². The largest absolute Gasteiger partial charge is 0.0622 e. The number of hydrogen-bond donors (Lipinski definition) is 0. The Labute approximate surface area is 166 Å². The van der Waals surface area contributed by atoms with Gasteiger partial charge in [0.1, 0.15) is 0 Å². The smallest absolute Gasteiger partial charge is 0.0136 e. The summed E-state index contributed by atoms with van der Waals surface area (Å²) in [6, 6.07) is 34.8. The van der Waals surface area contributed by atoms with Crippen LogP contribution in [0.5, 0.6) is 0 Å². The fourth-order valence-electron chi connectivity index (χ4n) is 4.17. The SMILES string of the molecule is C1=Cc2cc3ccccc3cc2C(Cc2ccccc2)C1=Cc1ccccc1. The molecule has 28 heavy (non-hydrogen) atoms. The van der Waals surface area contributed by atoms with Gasteiger partial charge in [-0.1, -0.05) is 103 Å². The molecule has 0 saturated heterocycles. The molecule has 0 saturated carbocycles. The van der Waals surface area contributed by atoms with Gasteiger partial charge in [-0.25, -0.2) is 0 Å². The van der Waals surface area contributed by atoms with Crippen LogP contribution in [0.3, 0.4) is 0 Å². The molecule has 0 spiro atoms. The lowest BCUT2D eigenvalue weighted by molar-refractivity contribution is 0.803. The zero-order valence-corrected chi connectivity index (χ0v) is 15.8. The van der Waals surface area contributed by atoms with E-state index in [1.165, 1.54) is 38.6 Å². The Kier molecular flexibility index (Phi) is 4.39. The van der Waals surface area contributed by atoms with Gasteiger partial charge in [-0.15, -0.1) is 0 Å². The molecule has 1 unspecified atom stereocenters. The first-order chi connectivity index (χ1) is 13.9. The van der Waals surface area contributed by atoms with Gasteiger partial charge in [-0.05, 0) is 57.2 Å². The zero-order valence-electron chi connectivity index (χ0n) is 15.8. The van der Waals surface area contributed by atoms with Crippen molar-refractivity contribution in [2.24, 2.45) is 0 Å². The predicted molar refractivity (Wildman–Crippen MR) is 120 cm³/mol. The molecule has 0 nitrogen and oxygen atoms in total. The monoisotopic (exact) mass is 358 g/mol. The van der Waals surface area contributed by atoms with Gasteiger partial charge in [0.2, 0.25) is 0 Å². The Morgan fingerprint density at radius 2 is 1.29 bits per heavy atom. The van der Waals surface area contributed by atoms with E-state index in [0.717, 1.165) is 6.42 Å². The average molecular weight is 358 g/mol. The highest BCUT2D eigenvalue weighted by molar-refractivity contribution is 5.88. The van der Waals surface area contributed by atoms with Gasteiger partial charge in [0.05, 0.1) is 0 Å². The molecule has 1 aliphatic carbocycles. The normalized spacial score (nSPS) is 17.0. The Bertz CT molecular complexity index is 1160. The topological polar surface area (TPSA) is 0 Å². The van der Waals surface area contributed by atoms with Crippen molar-refractivity contribution >= 4 is 22.9 Å².